The van der Waals surface area contributed by atoms with Crippen LogP contribution in [0.25, 0.3) is 0 Å². The fourth-order valence-corrected chi connectivity index (χ4v) is 1.93. The number of halogens is 1. The molecule has 2 aliphatic rings. The first-order valence-electron chi connectivity index (χ1n) is 5.25. The van der Waals surface area contributed by atoms with Gasteiger partial charge in [0.2, 0.25) is 0 Å². The predicted molar refractivity (Wildman–Crippen MR) is 58.6 cm³/mol. The summed E-state index contributed by atoms with van der Waals surface area (Å²) < 4.78 is 14.7. The Morgan fingerprint density at radius 1 is 1.27 bits per heavy atom. The van der Waals surface area contributed by atoms with Crippen LogP contribution in [0.1, 0.15) is 0 Å². The summed E-state index contributed by atoms with van der Waals surface area (Å²) in [4.78, 5) is 4.56. The van der Waals surface area contributed by atoms with E-state index in [1.807, 2.05) is 6.08 Å². The van der Waals surface area contributed by atoms with Crippen LogP contribution in [-0.4, -0.2) is 60.9 Å². The molecule has 1 saturated heterocycles. The van der Waals surface area contributed by atoms with Gasteiger partial charge in [0.15, 0.2) is 0 Å². The Morgan fingerprint density at radius 2 is 1.93 bits per heavy atom. The highest BCUT2D eigenvalue weighted by Crippen LogP contribution is 2.15. The predicted octanol–water partition coefficient (Wildman–Crippen LogP) is 0.655. The topological polar surface area (TPSA) is 9.49 Å². The average molecular weight is 210 g/mol. The Kier molecular flexibility index (Phi) is 2.86. The van der Waals surface area contributed by atoms with Gasteiger partial charge >= 0.3 is 0 Å². The summed E-state index contributed by atoms with van der Waals surface area (Å²) in [5, 5.41) is 0. The highest BCUT2D eigenvalue weighted by molar-refractivity contribution is 5.22. The summed E-state index contributed by atoms with van der Waals surface area (Å²) in [6.07, 6.45) is 3.35. The van der Waals surface area contributed by atoms with Gasteiger partial charge in [-0.25, -0.2) is 8.97 Å². The first-order valence-corrected chi connectivity index (χ1v) is 5.25. The van der Waals surface area contributed by atoms with Crippen LogP contribution < -0.4 is 0 Å². The Hall–Kier alpha value is -1.16. The molecule has 82 valence electrons. The number of allylic oxidation sites excluding steroid dienone is 2. The quantitative estimate of drug-likeness (QED) is 0.588. The van der Waals surface area contributed by atoms with Crippen molar-refractivity contribution in [3.05, 3.63) is 23.8 Å². The lowest BCUT2D eigenvalue weighted by Crippen LogP contribution is -2.46. The van der Waals surface area contributed by atoms with E-state index in [0.29, 0.717) is 0 Å². The Morgan fingerprint density at radius 3 is 2.53 bits per heavy atom. The molecule has 0 aliphatic carbocycles. The van der Waals surface area contributed by atoms with Gasteiger partial charge in [0.05, 0.1) is 19.8 Å². The van der Waals surface area contributed by atoms with Crippen molar-refractivity contribution < 1.29 is 8.97 Å². The van der Waals surface area contributed by atoms with Crippen LogP contribution in [0.3, 0.4) is 0 Å². The standard InChI is InChI=1S/C11H17FN3/c1-13-5-7-15(8-6-13)11-4-3-10(12)9-14(11)2/h3-4H,2,5-9H2,1H3/q+1. The van der Waals surface area contributed by atoms with E-state index in [1.165, 1.54) is 6.08 Å². The first-order chi connectivity index (χ1) is 7.16. The van der Waals surface area contributed by atoms with Crippen molar-refractivity contribution in [3.8, 4) is 0 Å². The van der Waals surface area contributed by atoms with Crippen LogP contribution in [0.5, 0.6) is 0 Å². The average Bonchev–Trinajstić information content (AvgIpc) is 2.20. The van der Waals surface area contributed by atoms with Gasteiger partial charge in [-0.05, 0) is 13.1 Å². The molecule has 0 aromatic heterocycles. The maximum absolute atomic E-state index is 12.9. The fraction of sp³-hybridized carbons (Fsp3) is 0.545. The minimum atomic E-state index is -0.122. The second-order valence-corrected chi connectivity index (χ2v) is 4.13. The van der Waals surface area contributed by atoms with Crippen LogP contribution in [-0.2, 0) is 0 Å². The molecule has 2 rings (SSSR count). The van der Waals surface area contributed by atoms with E-state index in [1.54, 1.807) is 4.58 Å². The van der Waals surface area contributed by atoms with Crippen molar-refractivity contribution in [2.24, 2.45) is 0 Å². The van der Waals surface area contributed by atoms with Crippen molar-refractivity contribution in [2.75, 3.05) is 39.8 Å². The number of piperazine rings is 1. The van der Waals surface area contributed by atoms with E-state index >= 15 is 0 Å². The van der Waals surface area contributed by atoms with Gasteiger partial charge in [-0.3, -0.25) is 9.80 Å². The molecule has 2 heterocycles. The summed E-state index contributed by atoms with van der Waals surface area (Å²) in [5.74, 6) is 0.910. The third-order valence-electron chi connectivity index (χ3n) is 2.91. The van der Waals surface area contributed by atoms with Gasteiger partial charge in [0.25, 0.3) is 5.82 Å². The molecule has 0 saturated carbocycles. The second-order valence-electron chi connectivity index (χ2n) is 4.13. The third-order valence-corrected chi connectivity index (χ3v) is 2.91. The minimum absolute atomic E-state index is 0.122. The summed E-state index contributed by atoms with van der Waals surface area (Å²) in [6.45, 7) is 8.23. The van der Waals surface area contributed by atoms with Gasteiger partial charge in [-0.2, -0.15) is 0 Å². The molecule has 0 atom stereocenters. The normalized spacial score (nSPS) is 23.9. The molecule has 0 radical (unpaired) electrons. The SMILES string of the molecule is C=[N+]1CC(F)=CC=C1N1CCN(C)CC1. The van der Waals surface area contributed by atoms with E-state index < -0.39 is 0 Å². The van der Waals surface area contributed by atoms with Gasteiger partial charge < -0.3 is 0 Å². The number of nitrogens with zero attached hydrogens (tertiary/aromatic N) is 3. The molecule has 2 aliphatic heterocycles. The van der Waals surface area contributed by atoms with Gasteiger partial charge in [0, 0.05) is 19.2 Å². The third kappa shape index (κ3) is 2.26. The number of hydrogen-bond donors (Lipinski definition) is 0. The molecular formula is C11H17FN3+. The van der Waals surface area contributed by atoms with E-state index in [2.05, 4.69) is 23.6 Å². The maximum Gasteiger partial charge on any atom is 0.276 e. The zero-order valence-electron chi connectivity index (χ0n) is 9.12. The van der Waals surface area contributed by atoms with Gasteiger partial charge in [0.1, 0.15) is 12.4 Å². The van der Waals surface area contributed by atoms with E-state index in [4.69, 9.17) is 0 Å². The van der Waals surface area contributed by atoms with E-state index in [-0.39, 0.29) is 12.4 Å². The summed E-state index contributed by atoms with van der Waals surface area (Å²) >= 11 is 0. The zero-order valence-corrected chi connectivity index (χ0v) is 9.12. The maximum atomic E-state index is 12.9. The van der Waals surface area contributed by atoms with Crippen LogP contribution in [0.4, 0.5) is 4.39 Å². The summed E-state index contributed by atoms with van der Waals surface area (Å²) in [6, 6.07) is 0. The van der Waals surface area contributed by atoms with Crippen LogP contribution in [0.2, 0.25) is 0 Å². The van der Waals surface area contributed by atoms with Crippen molar-refractivity contribution in [1.82, 2.24) is 9.80 Å². The Bertz CT molecular complexity index is 325. The molecular weight excluding hydrogens is 193 g/mol. The molecule has 0 aromatic rings. The van der Waals surface area contributed by atoms with E-state index in [0.717, 1.165) is 32.0 Å². The number of rotatable bonds is 1. The molecule has 0 bridgehead atoms. The molecule has 0 unspecified atom stereocenters. The van der Waals surface area contributed by atoms with Gasteiger partial charge in [-0.1, -0.05) is 0 Å². The smallest absolute Gasteiger partial charge is 0.276 e. The largest absolute Gasteiger partial charge is 0.299 e. The molecule has 0 amide bonds. The molecule has 3 nitrogen and oxygen atoms in total. The minimum Gasteiger partial charge on any atom is -0.299 e. The molecule has 0 aromatic carbocycles. The van der Waals surface area contributed by atoms with E-state index in [9.17, 15) is 4.39 Å². The Balaban J connectivity index is 2.07. The zero-order chi connectivity index (χ0) is 10.8. The van der Waals surface area contributed by atoms with Crippen LogP contribution in [0.15, 0.2) is 23.8 Å². The molecule has 15 heavy (non-hydrogen) atoms. The lowest BCUT2D eigenvalue weighted by molar-refractivity contribution is -0.483. The van der Waals surface area contributed by atoms with Gasteiger partial charge in [-0.15, -0.1) is 0 Å². The number of hydrogen-bond acceptors (Lipinski definition) is 2. The van der Waals surface area contributed by atoms with Crippen LogP contribution >= 0.6 is 0 Å². The molecule has 0 N–H and O–H groups in total. The molecule has 0 spiro atoms. The summed E-state index contributed by atoms with van der Waals surface area (Å²) in [5.41, 5.74) is 0. The lowest BCUT2D eigenvalue weighted by Gasteiger charge is -2.30. The molecule has 1 fully saturated rings. The lowest BCUT2D eigenvalue weighted by atomic mass is 10.2. The first kappa shape index (κ1) is 10.4. The second kappa shape index (κ2) is 4.14. The van der Waals surface area contributed by atoms with Crippen molar-refractivity contribution in [3.63, 3.8) is 0 Å². The Labute approximate surface area is 89.8 Å². The monoisotopic (exact) mass is 210 g/mol. The number of likely N-dealkylation sites (N-methyl/N-ethyl adjacent to an activating group) is 1. The van der Waals surface area contributed by atoms with Crippen LogP contribution in [0, 0.1) is 0 Å². The summed E-state index contributed by atoms with van der Waals surface area (Å²) in [7, 11) is 2.12. The highest BCUT2D eigenvalue weighted by atomic mass is 19.1. The van der Waals surface area contributed by atoms with Crippen molar-refractivity contribution in [1.29, 1.82) is 0 Å². The van der Waals surface area contributed by atoms with Crippen molar-refractivity contribution in [2.45, 2.75) is 0 Å². The van der Waals surface area contributed by atoms with Crippen molar-refractivity contribution >= 4 is 6.72 Å². The fourth-order valence-electron chi connectivity index (χ4n) is 1.93. The highest BCUT2D eigenvalue weighted by Gasteiger charge is 2.26. The molecule has 4 heteroatoms.